The molecule has 31 heavy (non-hydrogen) atoms. The number of hydrogen-bond donors (Lipinski definition) is 3. The normalized spacial score (nSPS) is 11.0. The highest BCUT2D eigenvalue weighted by molar-refractivity contribution is 7.92. The van der Waals surface area contributed by atoms with Crippen molar-refractivity contribution in [3.05, 3.63) is 89.0 Å². The molecule has 7 nitrogen and oxygen atoms in total. The lowest BCUT2D eigenvalue weighted by atomic mass is 10.1. The molecule has 8 heteroatoms. The van der Waals surface area contributed by atoms with Gasteiger partial charge >= 0.3 is 0 Å². The molecule has 3 aromatic carbocycles. The van der Waals surface area contributed by atoms with Crippen molar-refractivity contribution in [1.29, 1.82) is 0 Å². The first-order chi connectivity index (χ1) is 14.6. The summed E-state index contributed by atoms with van der Waals surface area (Å²) in [5.41, 5.74) is 8.71. The highest BCUT2D eigenvalue weighted by Crippen LogP contribution is 2.21. The van der Waals surface area contributed by atoms with E-state index in [1.165, 1.54) is 24.3 Å². The van der Waals surface area contributed by atoms with E-state index >= 15 is 0 Å². The number of rotatable bonds is 7. The quantitative estimate of drug-likeness (QED) is 0.525. The molecule has 0 atom stereocenters. The van der Waals surface area contributed by atoms with Crippen LogP contribution in [0.25, 0.3) is 0 Å². The van der Waals surface area contributed by atoms with Crippen LogP contribution in [0, 0.1) is 13.8 Å². The molecule has 0 fully saturated rings. The van der Waals surface area contributed by atoms with E-state index in [1.54, 1.807) is 43.3 Å². The molecule has 3 aromatic rings. The first-order valence-electron chi connectivity index (χ1n) is 9.53. The van der Waals surface area contributed by atoms with E-state index in [0.717, 1.165) is 11.1 Å². The molecule has 0 spiro atoms. The predicted octanol–water partition coefficient (Wildman–Crippen LogP) is 3.38. The Morgan fingerprint density at radius 3 is 2.10 bits per heavy atom. The summed E-state index contributed by atoms with van der Waals surface area (Å²) in [5, 5.41) is 2.75. The minimum Gasteiger partial charge on any atom is -0.369 e. The van der Waals surface area contributed by atoms with Gasteiger partial charge in [0.1, 0.15) is 0 Å². The molecule has 0 bridgehead atoms. The Morgan fingerprint density at radius 2 is 1.48 bits per heavy atom. The summed E-state index contributed by atoms with van der Waals surface area (Å²) in [7, 11) is -3.74. The van der Waals surface area contributed by atoms with E-state index in [9.17, 15) is 18.0 Å². The first kappa shape index (κ1) is 22.0. The Labute approximate surface area is 181 Å². The average Bonchev–Trinajstić information content (AvgIpc) is 2.71. The average molecular weight is 438 g/mol. The Bertz CT molecular complexity index is 1220. The zero-order valence-corrected chi connectivity index (χ0v) is 18.0. The summed E-state index contributed by atoms with van der Waals surface area (Å²) in [6.45, 7) is 3.57. The van der Waals surface area contributed by atoms with Gasteiger partial charge in [-0.15, -0.1) is 0 Å². The van der Waals surface area contributed by atoms with Gasteiger partial charge in [0.25, 0.3) is 15.9 Å². The molecule has 0 saturated carbocycles. The van der Waals surface area contributed by atoms with Gasteiger partial charge < -0.3 is 11.1 Å². The van der Waals surface area contributed by atoms with Crippen molar-refractivity contribution in [2.75, 3.05) is 10.0 Å². The summed E-state index contributed by atoms with van der Waals surface area (Å²) in [5.74, 6) is -0.767. The molecule has 0 unspecified atom stereocenters. The number of nitrogens with two attached hydrogens (primary N) is 1. The van der Waals surface area contributed by atoms with Crippen LogP contribution in [-0.2, 0) is 21.2 Å². The van der Waals surface area contributed by atoms with E-state index in [1.807, 2.05) is 13.0 Å². The summed E-state index contributed by atoms with van der Waals surface area (Å²) in [4.78, 5) is 23.6. The first-order valence-corrected chi connectivity index (χ1v) is 11.0. The van der Waals surface area contributed by atoms with Crippen LogP contribution in [0.15, 0.2) is 71.6 Å². The lowest BCUT2D eigenvalue weighted by Gasteiger charge is -2.12. The highest BCUT2D eigenvalue weighted by atomic mass is 32.2. The van der Waals surface area contributed by atoms with Crippen LogP contribution >= 0.6 is 0 Å². The zero-order valence-electron chi connectivity index (χ0n) is 17.2. The van der Waals surface area contributed by atoms with Crippen LogP contribution in [-0.4, -0.2) is 20.2 Å². The number of anilines is 2. The molecule has 0 saturated heterocycles. The van der Waals surface area contributed by atoms with Crippen molar-refractivity contribution in [1.82, 2.24) is 0 Å². The molecule has 2 amide bonds. The van der Waals surface area contributed by atoms with Crippen LogP contribution in [0.3, 0.4) is 0 Å². The van der Waals surface area contributed by atoms with E-state index in [4.69, 9.17) is 5.73 Å². The number of primary amides is 1. The summed E-state index contributed by atoms with van der Waals surface area (Å²) >= 11 is 0. The fraction of sp³-hybridized carbons (Fsp3) is 0.130. The third kappa shape index (κ3) is 5.70. The molecule has 0 aromatic heterocycles. The SMILES string of the molecule is Cc1ccc(C)c(S(=O)(=O)Nc2ccc(C(=O)Nc3ccc(CC(N)=O)cc3)cc2)c1. The number of benzene rings is 3. The molecule has 0 heterocycles. The molecule has 3 rings (SSSR count). The standard InChI is InChI=1S/C23H23N3O4S/c1-15-3-4-16(2)21(13-15)31(29,30)26-20-11-7-18(8-12-20)23(28)25-19-9-5-17(6-10-19)14-22(24)27/h3-13,26H,14H2,1-2H3,(H2,24,27)(H,25,28). The summed E-state index contributed by atoms with van der Waals surface area (Å²) in [6, 6.07) is 18.2. The van der Waals surface area contributed by atoms with Crippen LogP contribution in [0.5, 0.6) is 0 Å². The molecule has 4 N–H and O–H groups in total. The Hall–Kier alpha value is -3.65. The molecule has 0 aliphatic rings. The van der Waals surface area contributed by atoms with Crippen molar-refractivity contribution < 1.29 is 18.0 Å². The molecule has 160 valence electrons. The second kappa shape index (κ2) is 9.01. The molecule has 0 aliphatic heterocycles. The maximum Gasteiger partial charge on any atom is 0.262 e. The minimum atomic E-state index is -3.74. The Morgan fingerprint density at radius 1 is 0.871 bits per heavy atom. The number of amides is 2. The fourth-order valence-electron chi connectivity index (χ4n) is 3.01. The van der Waals surface area contributed by atoms with Crippen LogP contribution in [0.4, 0.5) is 11.4 Å². The Kier molecular flexibility index (Phi) is 6.41. The topological polar surface area (TPSA) is 118 Å². The molecular weight excluding hydrogens is 414 g/mol. The third-order valence-corrected chi connectivity index (χ3v) is 6.15. The van der Waals surface area contributed by atoms with Crippen LogP contribution < -0.4 is 15.8 Å². The smallest absolute Gasteiger partial charge is 0.262 e. The number of nitrogens with one attached hydrogen (secondary N) is 2. The van der Waals surface area contributed by atoms with Crippen molar-refractivity contribution >= 4 is 33.2 Å². The minimum absolute atomic E-state index is 0.133. The largest absolute Gasteiger partial charge is 0.369 e. The molecular formula is C23H23N3O4S. The monoisotopic (exact) mass is 437 g/mol. The number of aryl methyl sites for hydroxylation is 2. The number of sulfonamides is 1. The van der Waals surface area contributed by atoms with E-state index in [2.05, 4.69) is 10.0 Å². The second-order valence-corrected chi connectivity index (χ2v) is 8.90. The highest BCUT2D eigenvalue weighted by Gasteiger charge is 2.17. The lowest BCUT2D eigenvalue weighted by Crippen LogP contribution is -2.15. The Balaban J connectivity index is 1.68. The van der Waals surface area contributed by atoms with Gasteiger partial charge in [-0.3, -0.25) is 14.3 Å². The van der Waals surface area contributed by atoms with E-state index < -0.39 is 15.9 Å². The third-order valence-electron chi connectivity index (χ3n) is 4.62. The maximum absolute atomic E-state index is 12.7. The molecule has 0 aliphatic carbocycles. The van der Waals surface area contributed by atoms with Crippen molar-refractivity contribution in [2.45, 2.75) is 25.2 Å². The molecule has 0 radical (unpaired) electrons. The van der Waals surface area contributed by atoms with Gasteiger partial charge in [0, 0.05) is 16.9 Å². The van der Waals surface area contributed by atoms with Gasteiger partial charge in [-0.2, -0.15) is 0 Å². The van der Waals surface area contributed by atoms with Crippen LogP contribution in [0.2, 0.25) is 0 Å². The lowest BCUT2D eigenvalue weighted by molar-refractivity contribution is -0.117. The van der Waals surface area contributed by atoms with E-state index in [-0.39, 0.29) is 17.2 Å². The number of carbonyl (C=O) groups is 2. The fourth-order valence-corrected chi connectivity index (χ4v) is 4.40. The zero-order chi connectivity index (χ0) is 22.6. The van der Waals surface area contributed by atoms with Crippen LogP contribution in [0.1, 0.15) is 27.0 Å². The summed E-state index contributed by atoms with van der Waals surface area (Å²) < 4.78 is 28.0. The van der Waals surface area contributed by atoms with Gasteiger partial charge in [0.05, 0.1) is 11.3 Å². The number of carbonyl (C=O) groups excluding carboxylic acids is 2. The van der Waals surface area contributed by atoms with Gasteiger partial charge in [0.15, 0.2) is 0 Å². The second-order valence-electron chi connectivity index (χ2n) is 7.25. The maximum atomic E-state index is 12.7. The van der Waals surface area contributed by atoms with Gasteiger partial charge in [-0.1, -0.05) is 24.3 Å². The predicted molar refractivity (Wildman–Crippen MR) is 120 cm³/mol. The van der Waals surface area contributed by atoms with Crippen molar-refractivity contribution in [2.24, 2.45) is 5.73 Å². The van der Waals surface area contributed by atoms with Gasteiger partial charge in [-0.25, -0.2) is 8.42 Å². The van der Waals surface area contributed by atoms with Crippen molar-refractivity contribution in [3.63, 3.8) is 0 Å². The van der Waals surface area contributed by atoms with Crippen molar-refractivity contribution in [3.8, 4) is 0 Å². The van der Waals surface area contributed by atoms with Gasteiger partial charge in [-0.05, 0) is 73.0 Å². The summed E-state index contributed by atoms with van der Waals surface area (Å²) in [6.07, 6.45) is 0.133. The number of hydrogen-bond acceptors (Lipinski definition) is 4. The van der Waals surface area contributed by atoms with Gasteiger partial charge in [0.2, 0.25) is 5.91 Å². The van der Waals surface area contributed by atoms with E-state index in [0.29, 0.717) is 22.5 Å².